The van der Waals surface area contributed by atoms with Crippen LogP contribution in [0.25, 0.3) is 22.2 Å². The zero-order chi connectivity index (χ0) is 20.4. The van der Waals surface area contributed by atoms with Gasteiger partial charge in [0.2, 0.25) is 0 Å². The lowest BCUT2D eigenvalue weighted by atomic mass is 10.1. The van der Waals surface area contributed by atoms with Crippen molar-refractivity contribution in [1.29, 1.82) is 0 Å². The topological polar surface area (TPSA) is 52.7 Å². The minimum absolute atomic E-state index is 0.691. The molecule has 0 aliphatic carbocycles. The first-order chi connectivity index (χ1) is 15.3. The quantitative estimate of drug-likeness (QED) is 0.305. The molecular weight excluding hydrogens is 390 g/mol. The molecule has 0 fully saturated rings. The fourth-order valence-corrected chi connectivity index (χ4v) is 4.01. The Morgan fingerprint density at radius 3 is 1.61 bits per heavy atom. The Kier molecular flexibility index (Phi) is 3.21. The number of hydrogen-bond acceptors (Lipinski definition) is 4. The molecular formula is C26H15NO4. The van der Waals surface area contributed by atoms with Crippen LogP contribution in [0.1, 0.15) is 0 Å². The Morgan fingerprint density at radius 1 is 0.452 bits per heavy atom. The van der Waals surface area contributed by atoms with Gasteiger partial charge in [0.05, 0.1) is 0 Å². The largest absolute Gasteiger partial charge is 0.450 e. The van der Waals surface area contributed by atoms with E-state index in [-0.39, 0.29) is 0 Å². The fourth-order valence-electron chi connectivity index (χ4n) is 4.01. The number of aromatic nitrogens is 1. The molecule has 0 saturated carbocycles. The predicted octanol–water partition coefficient (Wildman–Crippen LogP) is 7.63. The van der Waals surface area contributed by atoms with Crippen LogP contribution in [0.2, 0.25) is 0 Å². The minimum Gasteiger partial charge on any atom is -0.450 e. The highest BCUT2D eigenvalue weighted by molar-refractivity contribution is 5.89. The maximum absolute atomic E-state index is 6.05. The van der Waals surface area contributed by atoms with Gasteiger partial charge >= 0.3 is 0 Å². The molecule has 7 rings (SSSR count). The van der Waals surface area contributed by atoms with Crippen LogP contribution in [0.15, 0.2) is 84.9 Å². The number of benzene rings is 4. The van der Waals surface area contributed by atoms with Gasteiger partial charge in [0.1, 0.15) is 0 Å². The lowest BCUT2D eigenvalue weighted by Gasteiger charge is -2.20. The van der Waals surface area contributed by atoms with E-state index in [0.29, 0.717) is 34.5 Å². The van der Waals surface area contributed by atoms with Crippen molar-refractivity contribution in [3.8, 4) is 57.3 Å². The van der Waals surface area contributed by atoms with Crippen molar-refractivity contribution in [3.05, 3.63) is 84.9 Å². The summed E-state index contributed by atoms with van der Waals surface area (Å²) in [6.07, 6.45) is 0. The molecule has 5 nitrogen and oxygen atoms in total. The van der Waals surface area contributed by atoms with Gasteiger partial charge in [-0.15, -0.1) is 0 Å². The molecule has 0 radical (unpaired) electrons. The SMILES string of the molecule is c1ccc2c(c1)Oc1ccc(-c3cc4cc5c(cc4[nH]3)Oc3ccccc3O5)cc1O2. The van der Waals surface area contributed by atoms with Crippen LogP contribution in [0.5, 0.6) is 46.0 Å². The van der Waals surface area contributed by atoms with Crippen molar-refractivity contribution in [2.24, 2.45) is 0 Å². The van der Waals surface area contributed by atoms with Crippen LogP contribution in [0, 0.1) is 0 Å². The summed E-state index contributed by atoms with van der Waals surface area (Å²) >= 11 is 0. The molecule has 4 aromatic carbocycles. The van der Waals surface area contributed by atoms with Crippen LogP contribution >= 0.6 is 0 Å². The summed E-state index contributed by atoms with van der Waals surface area (Å²) in [5.74, 6) is 5.66. The van der Waals surface area contributed by atoms with E-state index in [2.05, 4.69) is 11.1 Å². The van der Waals surface area contributed by atoms with E-state index in [9.17, 15) is 0 Å². The fraction of sp³-hybridized carbons (Fsp3) is 0. The molecule has 0 atom stereocenters. The summed E-state index contributed by atoms with van der Waals surface area (Å²) in [4.78, 5) is 3.48. The molecule has 2 aliphatic heterocycles. The Bertz CT molecular complexity index is 1440. The second-order valence-electron chi connectivity index (χ2n) is 7.53. The van der Waals surface area contributed by atoms with Gasteiger partial charge in [-0.1, -0.05) is 24.3 Å². The molecule has 1 N–H and O–H groups in total. The Labute approximate surface area is 177 Å². The van der Waals surface area contributed by atoms with Crippen LogP contribution in [0.3, 0.4) is 0 Å². The zero-order valence-corrected chi connectivity index (χ0v) is 16.2. The van der Waals surface area contributed by atoms with E-state index in [0.717, 1.165) is 33.7 Å². The van der Waals surface area contributed by atoms with E-state index in [1.807, 2.05) is 78.9 Å². The molecule has 2 aliphatic rings. The molecule has 0 spiro atoms. The summed E-state index contributed by atoms with van der Waals surface area (Å²) in [5, 5.41) is 1.04. The first-order valence-electron chi connectivity index (χ1n) is 10.0. The third-order valence-corrected chi connectivity index (χ3v) is 5.52. The second-order valence-corrected chi connectivity index (χ2v) is 7.53. The standard InChI is InChI=1S/C26H15NO4/c1-2-6-20-19(5-1)28-23-10-9-15(12-24(23)29-20)17-11-16-13-25-26(14-18(16)27-17)31-22-8-4-3-7-21(22)30-25/h1-14,27H. The van der Waals surface area contributed by atoms with Crippen molar-refractivity contribution in [1.82, 2.24) is 4.98 Å². The first kappa shape index (κ1) is 16.4. The monoisotopic (exact) mass is 405 g/mol. The third-order valence-electron chi connectivity index (χ3n) is 5.52. The molecule has 3 heterocycles. The van der Waals surface area contributed by atoms with E-state index in [4.69, 9.17) is 18.9 Å². The highest BCUT2D eigenvalue weighted by Gasteiger charge is 2.21. The molecule has 5 aromatic rings. The van der Waals surface area contributed by atoms with E-state index < -0.39 is 0 Å². The van der Waals surface area contributed by atoms with Gasteiger partial charge in [-0.25, -0.2) is 0 Å². The van der Waals surface area contributed by atoms with Gasteiger partial charge in [0.25, 0.3) is 0 Å². The highest BCUT2D eigenvalue weighted by atomic mass is 16.6. The predicted molar refractivity (Wildman–Crippen MR) is 117 cm³/mol. The van der Waals surface area contributed by atoms with Crippen molar-refractivity contribution >= 4 is 10.9 Å². The van der Waals surface area contributed by atoms with E-state index in [1.165, 1.54) is 0 Å². The highest BCUT2D eigenvalue weighted by Crippen LogP contribution is 2.48. The van der Waals surface area contributed by atoms with Crippen LogP contribution in [-0.2, 0) is 0 Å². The van der Waals surface area contributed by atoms with E-state index in [1.54, 1.807) is 0 Å². The number of aromatic amines is 1. The lowest BCUT2D eigenvalue weighted by Crippen LogP contribution is -1.98. The molecule has 5 heteroatoms. The Balaban J connectivity index is 1.27. The molecule has 0 saturated heterocycles. The average molecular weight is 405 g/mol. The summed E-state index contributed by atoms with van der Waals surface area (Å²) in [6, 6.07) is 27.3. The maximum atomic E-state index is 6.05. The van der Waals surface area contributed by atoms with Gasteiger partial charge in [0, 0.05) is 28.2 Å². The zero-order valence-electron chi connectivity index (χ0n) is 16.2. The van der Waals surface area contributed by atoms with Crippen LogP contribution < -0.4 is 18.9 Å². The molecule has 0 amide bonds. The van der Waals surface area contributed by atoms with Gasteiger partial charge < -0.3 is 23.9 Å². The summed E-state index contributed by atoms with van der Waals surface area (Å²) in [7, 11) is 0. The number of nitrogens with one attached hydrogen (secondary N) is 1. The van der Waals surface area contributed by atoms with Gasteiger partial charge in [0.15, 0.2) is 46.0 Å². The first-order valence-corrected chi connectivity index (χ1v) is 10.0. The average Bonchev–Trinajstić information content (AvgIpc) is 3.22. The Morgan fingerprint density at radius 2 is 0.968 bits per heavy atom. The number of rotatable bonds is 1. The van der Waals surface area contributed by atoms with Gasteiger partial charge in [-0.2, -0.15) is 0 Å². The van der Waals surface area contributed by atoms with Crippen LogP contribution in [-0.4, -0.2) is 4.98 Å². The third kappa shape index (κ3) is 2.57. The number of H-pyrrole nitrogens is 1. The normalized spacial score (nSPS) is 12.9. The van der Waals surface area contributed by atoms with Gasteiger partial charge in [-0.05, 0) is 54.6 Å². The van der Waals surface area contributed by atoms with Crippen molar-refractivity contribution in [2.75, 3.05) is 0 Å². The molecule has 148 valence electrons. The lowest BCUT2D eigenvalue weighted by molar-refractivity contribution is 0.360. The van der Waals surface area contributed by atoms with Gasteiger partial charge in [-0.3, -0.25) is 0 Å². The number of ether oxygens (including phenoxy) is 4. The van der Waals surface area contributed by atoms with E-state index >= 15 is 0 Å². The number of para-hydroxylation sites is 4. The minimum atomic E-state index is 0.691. The second kappa shape index (κ2) is 6.06. The Hall–Kier alpha value is -4.38. The molecule has 0 unspecified atom stereocenters. The van der Waals surface area contributed by atoms with Crippen molar-refractivity contribution in [2.45, 2.75) is 0 Å². The van der Waals surface area contributed by atoms with Crippen molar-refractivity contribution in [3.63, 3.8) is 0 Å². The summed E-state index contributed by atoms with van der Waals surface area (Å²) < 4.78 is 24.1. The summed E-state index contributed by atoms with van der Waals surface area (Å²) in [5.41, 5.74) is 2.94. The number of hydrogen-bond donors (Lipinski definition) is 1. The summed E-state index contributed by atoms with van der Waals surface area (Å²) in [6.45, 7) is 0. The molecule has 1 aromatic heterocycles. The van der Waals surface area contributed by atoms with Crippen LogP contribution in [0.4, 0.5) is 0 Å². The maximum Gasteiger partial charge on any atom is 0.172 e. The molecule has 0 bridgehead atoms. The smallest absolute Gasteiger partial charge is 0.172 e. The van der Waals surface area contributed by atoms with Crippen molar-refractivity contribution < 1.29 is 18.9 Å². The molecule has 31 heavy (non-hydrogen) atoms. The number of fused-ring (bicyclic) bond motifs is 5.